The van der Waals surface area contributed by atoms with Crippen LogP contribution in [0.2, 0.25) is 0 Å². The van der Waals surface area contributed by atoms with Crippen molar-refractivity contribution in [2.75, 3.05) is 31.1 Å². The molecule has 0 atom stereocenters. The first-order valence-corrected chi connectivity index (χ1v) is 13.2. The van der Waals surface area contributed by atoms with Gasteiger partial charge in [-0.3, -0.25) is 15.1 Å². The summed E-state index contributed by atoms with van der Waals surface area (Å²) in [5.41, 5.74) is 6.57. The number of hydrogen-bond acceptors (Lipinski definition) is 7. The Hall–Kier alpha value is -3.98. The monoisotopic (exact) mass is 494 g/mol. The lowest BCUT2D eigenvalue weighted by atomic mass is 10.1. The summed E-state index contributed by atoms with van der Waals surface area (Å²) in [5.74, 6) is 0.783. The second-order valence-corrected chi connectivity index (χ2v) is 9.99. The number of rotatable bonds is 5. The van der Waals surface area contributed by atoms with E-state index in [4.69, 9.17) is 4.74 Å². The second-order valence-electron chi connectivity index (χ2n) is 9.99. The van der Waals surface area contributed by atoms with Crippen molar-refractivity contribution in [1.82, 2.24) is 35.5 Å². The molecular weight excluding hydrogens is 464 g/mol. The van der Waals surface area contributed by atoms with Crippen molar-refractivity contribution in [3.63, 3.8) is 0 Å². The number of nitrogens with one attached hydrogen (secondary N) is 3. The zero-order chi connectivity index (χ0) is 24.6. The van der Waals surface area contributed by atoms with Crippen molar-refractivity contribution >= 4 is 27.6 Å². The summed E-state index contributed by atoms with van der Waals surface area (Å²) in [7, 11) is 0. The van der Waals surface area contributed by atoms with Crippen molar-refractivity contribution < 1.29 is 4.74 Å². The van der Waals surface area contributed by atoms with E-state index in [0.29, 0.717) is 0 Å². The summed E-state index contributed by atoms with van der Waals surface area (Å²) in [5, 5.41) is 13.3. The maximum atomic E-state index is 6.21. The fourth-order valence-electron chi connectivity index (χ4n) is 5.56. The third kappa shape index (κ3) is 4.29. The highest BCUT2D eigenvalue weighted by Gasteiger charge is 2.19. The van der Waals surface area contributed by atoms with E-state index in [-0.39, 0.29) is 6.10 Å². The van der Waals surface area contributed by atoms with Crippen LogP contribution in [0.1, 0.15) is 32.1 Å². The smallest absolute Gasteiger partial charge is 0.139 e. The molecule has 7 rings (SSSR count). The summed E-state index contributed by atoms with van der Waals surface area (Å²) in [4.78, 5) is 19.7. The predicted molar refractivity (Wildman–Crippen MR) is 145 cm³/mol. The average Bonchev–Trinajstić information content (AvgIpc) is 3.58. The van der Waals surface area contributed by atoms with E-state index in [1.807, 2.05) is 24.7 Å². The van der Waals surface area contributed by atoms with Gasteiger partial charge < -0.3 is 19.9 Å². The maximum Gasteiger partial charge on any atom is 0.139 e. The van der Waals surface area contributed by atoms with Gasteiger partial charge in [-0.05, 0) is 69.5 Å². The molecule has 0 amide bonds. The van der Waals surface area contributed by atoms with Crippen molar-refractivity contribution in [2.24, 2.45) is 0 Å². The Bertz CT molecular complexity index is 1540. The van der Waals surface area contributed by atoms with Gasteiger partial charge >= 0.3 is 0 Å². The Balaban J connectivity index is 1.23. The van der Waals surface area contributed by atoms with Crippen molar-refractivity contribution in [3.8, 4) is 28.4 Å². The van der Waals surface area contributed by atoms with Crippen molar-refractivity contribution in [2.45, 2.75) is 38.2 Å². The lowest BCUT2D eigenvalue weighted by molar-refractivity contribution is 0.162. The number of piperidine rings is 2. The number of anilines is 1. The zero-order valence-electron chi connectivity index (χ0n) is 20.7. The lowest BCUT2D eigenvalue weighted by Gasteiger charge is -2.29. The summed E-state index contributed by atoms with van der Waals surface area (Å²) in [6.45, 7) is 4.16. The molecule has 9 heteroatoms. The first-order chi connectivity index (χ1) is 18.3. The highest BCUT2D eigenvalue weighted by molar-refractivity contribution is 5.99. The number of aromatic nitrogens is 6. The molecule has 2 aliphatic heterocycles. The summed E-state index contributed by atoms with van der Waals surface area (Å²) >= 11 is 0. The Morgan fingerprint density at radius 3 is 2.70 bits per heavy atom. The van der Waals surface area contributed by atoms with Crippen LogP contribution in [0.5, 0.6) is 5.75 Å². The number of ether oxygens (including phenoxy) is 1. The molecule has 0 unspecified atom stereocenters. The van der Waals surface area contributed by atoms with E-state index in [1.165, 1.54) is 24.9 Å². The Morgan fingerprint density at radius 2 is 1.81 bits per heavy atom. The van der Waals surface area contributed by atoms with Crippen LogP contribution in [0.25, 0.3) is 44.6 Å². The minimum atomic E-state index is 0.222. The van der Waals surface area contributed by atoms with E-state index in [9.17, 15) is 0 Å². The number of fused-ring (bicyclic) bond motifs is 2. The molecule has 2 saturated heterocycles. The normalized spacial score (nSPS) is 17.0. The van der Waals surface area contributed by atoms with Crippen LogP contribution in [-0.2, 0) is 0 Å². The van der Waals surface area contributed by atoms with Crippen molar-refractivity contribution in [3.05, 3.63) is 49.1 Å². The average molecular weight is 495 g/mol. The van der Waals surface area contributed by atoms with Gasteiger partial charge in [-0.15, -0.1) is 0 Å². The molecule has 0 aromatic carbocycles. The van der Waals surface area contributed by atoms with Gasteiger partial charge in [0.1, 0.15) is 23.2 Å². The molecule has 0 bridgehead atoms. The molecule has 37 heavy (non-hydrogen) atoms. The van der Waals surface area contributed by atoms with Gasteiger partial charge in [0.05, 0.1) is 29.3 Å². The number of hydrogen-bond donors (Lipinski definition) is 3. The number of nitrogens with zero attached hydrogens (tertiary/aromatic N) is 5. The molecule has 2 aliphatic rings. The minimum absolute atomic E-state index is 0.222. The molecular formula is C28H30N8O. The van der Waals surface area contributed by atoms with Crippen LogP contribution < -0.4 is 15.0 Å². The van der Waals surface area contributed by atoms with Crippen LogP contribution in [0, 0.1) is 0 Å². The van der Waals surface area contributed by atoms with Crippen LogP contribution in [-0.4, -0.2) is 62.4 Å². The largest absolute Gasteiger partial charge is 0.489 e. The topological polar surface area (TPSA) is 108 Å². The third-order valence-corrected chi connectivity index (χ3v) is 7.51. The number of aromatic amines is 2. The first kappa shape index (κ1) is 22.2. The molecule has 0 aliphatic carbocycles. The summed E-state index contributed by atoms with van der Waals surface area (Å²) in [6.07, 6.45) is 13.4. The van der Waals surface area contributed by atoms with Gasteiger partial charge in [0, 0.05) is 47.5 Å². The molecule has 0 radical (unpaired) electrons. The van der Waals surface area contributed by atoms with E-state index in [2.05, 4.69) is 58.5 Å². The SMILES string of the molecule is c1cc(N2CCCCC2)c2cc(-c3n[nH]c4cnc(-c5cncc(OC6CCNCC6)c5)cc34)[nH]c2n1. The van der Waals surface area contributed by atoms with E-state index >= 15 is 0 Å². The zero-order valence-corrected chi connectivity index (χ0v) is 20.7. The van der Waals surface area contributed by atoms with Crippen molar-refractivity contribution in [1.29, 1.82) is 0 Å². The fourth-order valence-corrected chi connectivity index (χ4v) is 5.56. The third-order valence-electron chi connectivity index (χ3n) is 7.51. The van der Waals surface area contributed by atoms with Gasteiger partial charge in [-0.25, -0.2) is 4.98 Å². The molecule has 7 heterocycles. The molecule has 9 nitrogen and oxygen atoms in total. The first-order valence-electron chi connectivity index (χ1n) is 13.2. The molecule has 5 aromatic rings. The number of H-pyrrole nitrogens is 2. The highest BCUT2D eigenvalue weighted by atomic mass is 16.5. The van der Waals surface area contributed by atoms with Gasteiger partial charge in [0.2, 0.25) is 0 Å². The molecule has 188 valence electrons. The van der Waals surface area contributed by atoms with E-state index in [0.717, 1.165) is 89.4 Å². The maximum absolute atomic E-state index is 6.21. The fraction of sp³-hybridized carbons (Fsp3) is 0.357. The van der Waals surface area contributed by atoms with E-state index < -0.39 is 0 Å². The van der Waals surface area contributed by atoms with Gasteiger partial charge in [0.25, 0.3) is 0 Å². The van der Waals surface area contributed by atoms with E-state index in [1.54, 1.807) is 6.20 Å². The molecule has 3 N–H and O–H groups in total. The van der Waals surface area contributed by atoms with Gasteiger partial charge in [-0.1, -0.05) is 0 Å². The van der Waals surface area contributed by atoms with Crippen LogP contribution in [0.4, 0.5) is 5.69 Å². The van der Waals surface area contributed by atoms with Crippen LogP contribution in [0.3, 0.4) is 0 Å². The van der Waals surface area contributed by atoms with Crippen LogP contribution >= 0.6 is 0 Å². The minimum Gasteiger partial charge on any atom is -0.489 e. The molecule has 0 spiro atoms. The van der Waals surface area contributed by atoms with Gasteiger partial charge in [-0.2, -0.15) is 5.10 Å². The quantitative estimate of drug-likeness (QED) is 0.325. The Kier molecular flexibility index (Phi) is 5.70. The summed E-state index contributed by atoms with van der Waals surface area (Å²) < 4.78 is 6.21. The second kappa shape index (κ2) is 9.48. The van der Waals surface area contributed by atoms with Gasteiger partial charge in [0.15, 0.2) is 0 Å². The summed E-state index contributed by atoms with van der Waals surface area (Å²) in [6, 6.07) is 8.41. The molecule has 5 aromatic heterocycles. The molecule has 2 fully saturated rings. The standard InChI is InChI=1S/C28H30N8O/c1-2-10-36(11-3-1)26-6-9-31-28-22(26)14-24(33-28)27-21-13-23(32-17-25(21)34-35-27)18-12-20(16-30-15-18)37-19-4-7-29-8-5-19/h6,9,12-17,19,29H,1-5,7-8,10-11H2,(H,31,33)(H,34,35). The highest BCUT2D eigenvalue weighted by Crippen LogP contribution is 2.34. The number of pyridine rings is 3. The lowest BCUT2D eigenvalue weighted by Crippen LogP contribution is -2.34. The predicted octanol–water partition coefficient (Wildman–Crippen LogP) is 4.68. The Labute approximate surface area is 214 Å². The van der Waals surface area contributed by atoms with Crippen LogP contribution in [0.15, 0.2) is 49.1 Å². The molecule has 0 saturated carbocycles. The Morgan fingerprint density at radius 1 is 0.919 bits per heavy atom.